The van der Waals surface area contributed by atoms with Crippen LogP contribution in [0.1, 0.15) is 46.5 Å². The van der Waals surface area contributed by atoms with E-state index in [1.165, 1.54) is 0 Å². The molecule has 0 unspecified atom stereocenters. The Morgan fingerprint density at radius 3 is 2.35 bits per heavy atom. The lowest BCUT2D eigenvalue weighted by Crippen LogP contribution is -2.05. The van der Waals surface area contributed by atoms with Crippen molar-refractivity contribution in [3.8, 4) is 22.4 Å². The summed E-state index contributed by atoms with van der Waals surface area (Å²) < 4.78 is 4.35. The molecule has 0 radical (unpaired) electrons. The van der Waals surface area contributed by atoms with Crippen LogP contribution in [0.2, 0.25) is 0 Å². The normalized spacial score (nSPS) is 11.0. The predicted octanol–water partition coefficient (Wildman–Crippen LogP) is 5.59. The molecule has 0 atom stereocenters. The van der Waals surface area contributed by atoms with Gasteiger partial charge in [-0.2, -0.15) is 0 Å². The van der Waals surface area contributed by atoms with E-state index < -0.39 is 5.97 Å². The van der Waals surface area contributed by atoms with E-state index in [4.69, 9.17) is 9.97 Å². The smallest absolute Gasteiger partial charge is 0.336 e. The summed E-state index contributed by atoms with van der Waals surface area (Å²) in [6, 6.07) is 19.7. The maximum Gasteiger partial charge on any atom is 0.336 e. The van der Waals surface area contributed by atoms with Gasteiger partial charge in [-0.3, -0.25) is 0 Å². The summed E-state index contributed by atoms with van der Waals surface area (Å²) in [6.45, 7) is 6.99. The largest absolute Gasteiger partial charge is 0.478 e. The average molecular weight is 497 g/mol. The van der Waals surface area contributed by atoms with Gasteiger partial charge in [-0.05, 0) is 60.7 Å². The van der Waals surface area contributed by atoms with E-state index in [9.17, 15) is 9.90 Å². The molecule has 3 N–H and O–H groups in total. The van der Waals surface area contributed by atoms with Crippen molar-refractivity contribution in [2.75, 3.05) is 0 Å². The number of carboxylic acid groups (broad SMARTS) is 1. The number of carbonyl (C=O) groups is 1. The Morgan fingerprint density at radius 2 is 1.70 bits per heavy atom. The van der Waals surface area contributed by atoms with Gasteiger partial charge in [0.2, 0.25) is 0 Å². The number of imidazole rings is 2. The van der Waals surface area contributed by atoms with Gasteiger partial charge in [0, 0.05) is 31.8 Å². The van der Waals surface area contributed by atoms with Gasteiger partial charge in [-0.15, -0.1) is 0 Å². The fraction of sp³-hybridized carbons (Fsp3) is 0.233. The average Bonchev–Trinajstić information content (AvgIpc) is 3.39. The predicted molar refractivity (Wildman–Crippen MR) is 147 cm³/mol. The summed E-state index contributed by atoms with van der Waals surface area (Å²) in [5, 5.41) is 9.56. The van der Waals surface area contributed by atoms with Gasteiger partial charge in [0.1, 0.15) is 11.6 Å². The topological polar surface area (TPSA) is 104 Å². The Kier molecular flexibility index (Phi) is 7.27. The summed E-state index contributed by atoms with van der Waals surface area (Å²) >= 11 is 0. The molecule has 0 saturated carbocycles. The summed E-state index contributed by atoms with van der Waals surface area (Å²) in [4.78, 5) is 21.4. The number of nitrogens with zero attached hydrogens (tertiary/aromatic N) is 4. The number of rotatable bonds is 7. The van der Waals surface area contributed by atoms with Gasteiger partial charge in [0.05, 0.1) is 22.3 Å². The Labute approximate surface area is 216 Å². The molecular formula is C30H32N4O3. The van der Waals surface area contributed by atoms with E-state index >= 15 is 0 Å². The summed E-state index contributed by atoms with van der Waals surface area (Å²) in [6.07, 6.45) is 3.98. The zero-order chi connectivity index (χ0) is 25.4. The Balaban J connectivity index is 0.00000320. The third kappa shape index (κ3) is 4.90. The SMILES string of the molecule is CCCc1nc2c(C)cc(-c3cn(C)c(C)n3)cc2n1Cc1ccc(-c2ccccc2C(=O)O)cc1.O. The van der Waals surface area contributed by atoms with Gasteiger partial charge >= 0.3 is 5.97 Å². The molecule has 0 aliphatic carbocycles. The zero-order valence-corrected chi connectivity index (χ0v) is 21.6. The van der Waals surface area contributed by atoms with Crippen LogP contribution in [0.5, 0.6) is 0 Å². The molecule has 190 valence electrons. The lowest BCUT2D eigenvalue weighted by molar-refractivity contribution is 0.0697. The molecule has 0 saturated heterocycles. The molecule has 0 fully saturated rings. The Bertz CT molecular complexity index is 1560. The van der Waals surface area contributed by atoms with Crippen LogP contribution in [0.4, 0.5) is 0 Å². The van der Waals surface area contributed by atoms with Gasteiger partial charge in [-0.25, -0.2) is 14.8 Å². The van der Waals surface area contributed by atoms with Crippen LogP contribution < -0.4 is 0 Å². The van der Waals surface area contributed by atoms with Crippen molar-refractivity contribution in [3.05, 3.63) is 95.2 Å². The van der Waals surface area contributed by atoms with Crippen LogP contribution >= 0.6 is 0 Å². The van der Waals surface area contributed by atoms with Crippen LogP contribution in [0.25, 0.3) is 33.4 Å². The third-order valence-electron chi connectivity index (χ3n) is 6.76. The van der Waals surface area contributed by atoms with E-state index in [-0.39, 0.29) is 5.48 Å². The molecule has 0 aliphatic heterocycles. The summed E-state index contributed by atoms with van der Waals surface area (Å²) in [5.41, 5.74) is 8.40. The first kappa shape index (κ1) is 25.9. The second kappa shape index (κ2) is 10.4. The molecular weight excluding hydrogens is 464 g/mol. The quantitative estimate of drug-likeness (QED) is 0.317. The standard InChI is InChI=1S/C30H30N4O2.H2O/c1-5-8-28-32-29-19(2)15-23(26-18-33(4)20(3)31-26)16-27(29)34(28)17-21-11-13-22(14-12-21)24-9-6-7-10-25(24)30(35)36;/h6-7,9-16,18H,5,8,17H2,1-4H3,(H,35,36);1H2. The van der Waals surface area contributed by atoms with Crippen molar-refractivity contribution in [1.29, 1.82) is 0 Å². The van der Waals surface area contributed by atoms with Crippen LogP contribution in [-0.4, -0.2) is 35.7 Å². The lowest BCUT2D eigenvalue weighted by atomic mass is 9.98. The first-order chi connectivity index (χ1) is 17.4. The number of hydrogen-bond donors (Lipinski definition) is 1. The minimum atomic E-state index is -0.918. The second-order valence-corrected chi connectivity index (χ2v) is 9.36. The Morgan fingerprint density at radius 1 is 0.973 bits per heavy atom. The summed E-state index contributed by atoms with van der Waals surface area (Å²) in [5.74, 6) is 1.13. The van der Waals surface area contributed by atoms with E-state index in [2.05, 4.69) is 48.9 Å². The molecule has 37 heavy (non-hydrogen) atoms. The van der Waals surface area contributed by atoms with Crippen molar-refractivity contribution in [1.82, 2.24) is 19.1 Å². The number of carboxylic acids is 1. The zero-order valence-electron chi connectivity index (χ0n) is 21.6. The highest BCUT2D eigenvalue weighted by molar-refractivity contribution is 5.96. The summed E-state index contributed by atoms with van der Waals surface area (Å²) in [7, 11) is 2.01. The molecule has 5 rings (SSSR count). The fourth-order valence-electron chi connectivity index (χ4n) is 4.77. The number of hydrogen-bond acceptors (Lipinski definition) is 3. The minimum absolute atomic E-state index is 0. The highest BCUT2D eigenvalue weighted by Crippen LogP contribution is 2.30. The first-order valence-electron chi connectivity index (χ1n) is 12.3. The van der Waals surface area contributed by atoms with Crippen molar-refractivity contribution in [2.24, 2.45) is 7.05 Å². The number of aromatic carboxylic acids is 1. The molecule has 0 amide bonds. The molecule has 0 aliphatic rings. The van der Waals surface area contributed by atoms with Gasteiger partial charge < -0.3 is 19.7 Å². The van der Waals surface area contributed by atoms with E-state index in [1.807, 2.05) is 42.8 Å². The second-order valence-electron chi connectivity index (χ2n) is 9.36. The van der Waals surface area contributed by atoms with Crippen molar-refractivity contribution in [2.45, 2.75) is 40.2 Å². The molecule has 0 spiro atoms. The molecule has 7 nitrogen and oxygen atoms in total. The highest BCUT2D eigenvalue weighted by Gasteiger charge is 2.16. The van der Waals surface area contributed by atoms with Crippen LogP contribution in [0, 0.1) is 13.8 Å². The fourth-order valence-corrected chi connectivity index (χ4v) is 4.77. The molecule has 3 aromatic carbocycles. The minimum Gasteiger partial charge on any atom is -0.478 e. The van der Waals surface area contributed by atoms with Crippen molar-refractivity contribution >= 4 is 17.0 Å². The molecule has 0 bridgehead atoms. The lowest BCUT2D eigenvalue weighted by Gasteiger charge is -2.12. The maximum atomic E-state index is 11.7. The molecule has 7 heteroatoms. The maximum absolute atomic E-state index is 11.7. The van der Waals surface area contributed by atoms with Gasteiger partial charge in [-0.1, -0.05) is 49.4 Å². The van der Waals surface area contributed by atoms with E-state index in [0.29, 0.717) is 12.1 Å². The number of aromatic nitrogens is 4. The number of benzene rings is 3. The monoisotopic (exact) mass is 496 g/mol. The number of fused-ring (bicyclic) bond motifs is 1. The highest BCUT2D eigenvalue weighted by atomic mass is 16.4. The third-order valence-corrected chi connectivity index (χ3v) is 6.76. The van der Waals surface area contributed by atoms with Gasteiger partial charge in [0.25, 0.3) is 0 Å². The van der Waals surface area contributed by atoms with E-state index in [0.717, 1.165) is 69.0 Å². The van der Waals surface area contributed by atoms with Crippen LogP contribution in [-0.2, 0) is 20.0 Å². The first-order valence-corrected chi connectivity index (χ1v) is 12.3. The Hall–Kier alpha value is -4.23. The van der Waals surface area contributed by atoms with Crippen molar-refractivity contribution < 1.29 is 15.4 Å². The van der Waals surface area contributed by atoms with E-state index in [1.54, 1.807) is 12.1 Å². The molecule has 5 aromatic rings. The molecule has 2 heterocycles. The van der Waals surface area contributed by atoms with Crippen LogP contribution in [0.15, 0.2) is 66.9 Å². The molecule has 2 aromatic heterocycles. The van der Waals surface area contributed by atoms with Crippen LogP contribution in [0.3, 0.4) is 0 Å². The number of aryl methyl sites for hydroxylation is 4. The van der Waals surface area contributed by atoms with Gasteiger partial charge in [0.15, 0.2) is 0 Å². The van der Waals surface area contributed by atoms with Crippen molar-refractivity contribution in [3.63, 3.8) is 0 Å².